The smallest absolute Gasteiger partial charge is 0.146 e. The first-order chi connectivity index (χ1) is 9.45. The fraction of sp³-hybridized carbons (Fsp3) is 0.250. The molecular formula is C16H17N3O. The number of benzene rings is 2. The summed E-state index contributed by atoms with van der Waals surface area (Å²) in [6.45, 7) is 7.99. The molecule has 0 aliphatic heterocycles. The standard InChI is InChI=1S/C16H17N3O/c1-9-5-12(4)16(20)15(6-9)19-17-13-7-10(2)11(3)8-14(13)18-19/h5-8,20H,1-4H3. The summed E-state index contributed by atoms with van der Waals surface area (Å²) in [5, 5.41) is 19.2. The van der Waals surface area contributed by atoms with E-state index in [4.69, 9.17) is 0 Å². The molecule has 0 aliphatic carbocycles. The van der Waals surface area contributed by atoms with E-state index in [0.717, 1.165) is 22.2 Å². The number of rotatable bonds is 1. The van der Waals surface area contributed by atoms with E-state index in [-0.39, 0.29) is 5.75 Å². The van der Waals surface area contributed by atoms with Crippen LogP contribution in [-0.4, -0.2) is 20.1 Å². The van der Waals surface area contributed by atoms with Gasteiger partial charge in [0.15, 0.2) is 0 Å². The lowest BCUT2D eigenvalue weighted by Gasteiger charge is -2.07. The zero-order valence-electron chi connectivity index (χ0n) is 12.1. The van der Waals surface area contributed by atoms with Gasteiger partial charge in [0.2, 0.25) is 0 Å². The molecule has 1 aromatic heterocycles. The largest absolute Gasteiger partial charge is 0.505 e. The van der Waals surface area contributed by atoms with Gasteiger partial charge < -0.3 is 5.11 Å². The Morgan fingerprint density at radius 3 is 1.90 bits per heavy atom. The number of nitrogens with zero attached hydrogens (tertiary/aromatic N) is 3. The molecule has 4 nitrogen and oxygen atoms in total. The van der Waals surface area contributed by atoms with Crippen LogP contribution in [0.3, 0.4) is 0 Å². The van der Waals surface area contributed by atoms with Gasteiger partial charge in [-0.1, -0.05) is 6.07 Å². The third-order valence-electron chi connectivity index (χ3n) is 3.64. The van der Waals surface area contributed by atoms with Crippen LogP contribution in [-0.2, 0) is 0 Å². The van der Waals surface area contributed by atoms with E-state index in [1.807, 2.05) is 38.1 Å². The highest BCUT2D eigenvalue weighted by atomic mass is 16.3. The van der Waals surface area contributed by atoms with Crippen molar-refractivity contribution in [1.29, 1.82) is 0 Å². The van der Waals surface area contributed by atoms with Crippen molar-refractivity contribution in [2.75, 3.05) is 0 Å². The minimum Gasteiger partial charge on any atom is -0.505 e. The second-order valence-corrected chi connectivity index (χ2v) is 5.36. The number of fused-ring (bicyclic) bond motifs is 1. The lowest BCUT2D eigenvalue weighted by atomic mass is 10.1. The molecule has 0 bridgehead atoms. The molecule has 3 rings (SSSR count). The Balaban J connectivity index is 2.25. The fourth-order valence-electron chi connectivity index (χ4n) is 2.37. The number of aromatic hydroxyl groups is 1. The molecule has 102 valence electrons. The summed E-state index contributed by atoms with van der Waals surface area (Å²) in [4.78, 5) is 1.51. The molecule has 0 fully saturated rings. The molecule has 0 amide bonds. The first-order valence-corrected chi connectivity index (χ1v) is 6.60. The average Bonchev–Trinajstić information content (AvgIpc) is 2.77. The molecule has 0 aliphatic rings. The summed E-state index contributed by atoms with van der Waals surface area (Å²) < 4.78 is 0. The zero-order chi connectivity index (χ0) is 14.4. The molecule has 3 aromatic rings. The summed E-state index contributed by atoms with van der Waals surface area (Å²) in [7, 11) is 0. The molecule has 0 spiro atoms. The normalized spacial score (nSPS) is 11.2. The Labute approximate surface area is 117 Å². The van der Waals surface area contributed by atoms with Crippen molar-refractivity contribution in [3.05, 3.63) is 46.5 Å². The number of hydrogen-bond donors (Lipinski definition) is 1. The van der Waals surface area contributed by atoms with Crippen LogP contribution in [0.2, 0.25) is 0 Å². The summed E-state index contributed by atoms with van der Waals surface area (Å²) in [5.74, 6) is 0.226. The Kier molecular flexibility index (Phi) is 2.74. The molecule has 0 radical (unpaired) electrons. The van der Waals surface area contributed by atoms with E-state index in [1.165, 1.54) is 15.9 Å². The van der Waals surface area contributed by atoms with Crippen LogP contribution in [0.4, 0.5) is 0 Å². The van der Waals surface area contributed by atoms with Crippen molar-refractivity contribution in [2.24, 2.45) is 0 Å². The van der Waals surface area contributed by atoms with Crippen molar-refractivity contribution in [1.82, 2.24) is 15.0 Å². The van der Waals surface area contributed by atoms with E-state index in [2.05, 4.69) is 24.0 Å². The van der Waals surface area contributed by atoms with Crippen LogP contribution in [0.25, 0.3) is 16.7 Å². The summed E-state index contributed by atoms with van der Waals surface area (Å²) >= 11 is 0. The highest BCUT2D eigenvalue weighted by Crippen LogP contribution is 2.27. The number of phenolic OH excluding ortho intramolecular Hbond substituents is 1. The van der Waals surface area contributed by atoms with Crippen LogP contribution < -0.4 is 0 Å². The molecule has 0 saturated heterocycles. The van der Waals surface area contributed by atoms with Crippen molar-refractivity contribution < 1.29 is 5.11 Å². The lowest BCUT2D eigenvalue weighted by molar-refractivity contribution is 0.463. The van der Waals surface area contributed by atoms with Crippen molar-refractivity contribution in [2.45, 2.75) is 27.7 Å². The van der Waals surface area contributed by atoms with Gasteiger partial charge in [0, 0.05) is 0 Å². The number of hydrogen-bond acceptors (Lipinski definition) is 3. The van der Waals surface area contributed by atoms with Gasteiger partial charge in [-0.15, -0.1) is 15.0 Å². The minimum absolute atomic E-state index is 0.226. The van der Waals surface area contributed by atoms with Gasteiger partial charge in [-0.2, -0.15) is 0 Å². The molecule has 0 atom stereocenters. The Bertz CT molecular complexity index is 779. The fourth-order valence-corrected chi connectivity index (χ4v) is 2.37. The Morgan fingerprint density at radius 2 is 1.35 bits per heavy atom. The van der Waals surface area contributed by atoms with Gasteiger partial charge in [-0.3, -0.25) is 0 Å². The molecule has 0 saturated carbocycles. The van der Waals surface area contributed by atoms with Crippen LogP contribution in [0.1, 0.15) is 22.3 Å². The van der Waals surface area contributed by atoms with Crippen LogP contribution >= 0.6 is 0 Å². The van der Waals surface area contributed by atoms with E-state index in [1.54, 1.807) is 0 Å². The first kappa shape index (κ1) is 12.7. The van der Waals surface area contributed by atoms with Gasteiger partial charge in [0.1, 0.15) is 22.5 Å². The van der Waals surface area contributed by atoms with Gasteiger partial charge in [-0.05, 0) is 68.1 Å². The van der Waals surface area contributed by atoms with Gasteiger partial charge in [0.05, 0.1) is 0 Å². The molecular weight excluding hydrogens is 250 g/mol. The van der Waals surface area contributed by atoms with Crippen molar-refractivity contribution in [3.63, 3.8) is 0 Å². The monoisotopic (exact) mass is 267 g/mol. The topological polar surface area (TPSA) is 50.9 Å². The zero-order valence-corrected chi connectivity index (χ0v) is 12.1. The van der Waals surface area contributed by atoms with E-state index in [9.17, 15) is 5.11 Å². The van der Waals surface area contributed by atoms with E-state index >= 15 is 0 Å². The molecule has 20 heavy (non-hydrogen) atoms. The highest BCUT2D eigenvalue weighted by molar-refractivity contribution is 5.76. The van der Waals surface area contributed by atoms with Crippen LogP contribution in [0.5, 0.6) is 5.75 Å². The van der Waals surface area contributed by atoms with E-state index < -0.39 is 0 Å². The Morgan fingerprint density at radius 1 is 0.800 bits per heavy atom. The van der Waals surface area contributed by atoms with Crippen molar-refractivity contribution in [3.8, 4) is 11.4 Å². The molecule has 1 N–H and O–H groups in total. The van der Waals surface area contributed by atoms with Gasteiger partial charge in [-0.25, -0.2) is 0 Å². The van der Waals surface area contributed by atoms with Crippen LogP contribution in [0, 0.1) is 27.7 Å². The summed E-state index contributed by atoms with van der Waals surface area (Å²) in [5.41, 5.74) is 6.58. The lowest BCUT2D eigenvalue weighted by Crippen LogP contribution is -2.00. The number of phenols is 1. The molecule has 2 aromatic carbocycles. The summed E-state index contributed by atoms with van der Waals surface area (Å²) in [6, 6.07) is 7.87. The maximum Gasteiger partial charge on any atom is 0.146 e. The predicted molar refractivity (Wildman–Crippen MR) is 79.5 cm³/mol. The van der Waals surface area contributed by atoms with Gasteiger partial charge in [0.25, 0.3) is 0 Å². The first-order valence-electron chi connectivity index (χ1n) is 6.60. The third kappa shape index (κ3) is 1.93. The molecule has 4 heteroatoms. The van der Waals surface area contributed by atoms with E-state index in [0.29, 0.717) is 5.69 Å². The highest BCUT2D eigenvalue weighted by Gasteiger charge is 2.12. The molecule has 0 unspecified atom stereocenters. The summed E-state index contributed by atoms with van der Waals surface area (Å²) in [6.07, 6.45) is 0. The Hall–Kier alpha value is -2.36. The average molecular weight is 267 g/mol. The second-order valence-electron chi connectivity index (χ2n) is 5.36. The number of aryl methyl sites for hydroxylation is 4. The molecule has 1 heterocycles. The predicted octanol–water partition coefficient (Wildman–Crippen LogP) is 3.36. The SMILES string of the molecule is Cc1cc(C)c(O)c(-n2nc3cc(C)c(C)cc3n2)c1. The maximum atomic E-state index is 10.2. The second kappa shape index (κ2) is 4.34. The third-order valence-corrected chi connectivity index (χ3v) is 3.64. The van der Waals surface area contributed by atoms with Gasteiger partial charge >= 0.3 is 0 Å². The minimum atomic E-state index is 0.226. The van der Waals surface area contributed by atoms with Crippen LogP contribution in [0.15, 0.2) is 24.3 Å². The van der Waals surface area contributed by atoms with Crippen molar-refractivity contribution >= 4 is 11.0 Å². The maximum absolute atomic E-state index is 10.2. The quantitative estimate of drug-likeness (QED) is 0.735. The number of aromatic nitrogens is 3.